The smallest absolute Gasteiger partial charge is 0.306 e. The van der Waals surface area contributed by atoms with Crippen LogP contribution in [0.25, 0.3) is 0 Å². The van der Waals surface area contributed by atoms with Gasteiger partial charge in [0.2, 0.25) is 0 Å². The van der Waals surface area contributed by atoms with Gasteiger partial charge in [-0.15, -0.1) is 0 Å². The molecule has 0 saturated heterocycles. The fourth-order valence-corrected chi connectivity index (χ4v) is 1.32. The molecule has 0 rings (SSSR count). The van der Waals surface area contributed by atoms with Crippen molar-refractivity contribution in [3.05, 3.63) is 0 Å². The van der Waals surface area contributed by atoms with E-state index in [1.807, 2.05) is 7.05 Å². The fraction of sp³-hybridized carbons (Fsp3) is 1.00. The van der Waals surface area contributed by atoms with E-state index >= 15 is 0 Å². The van der Waals surface area contributed by atoms with Gasteiger partial charge in [0.05, 0.1) is 6.61 Å². The molecule has 0 radical (unpaired) electrons. The van der Waals surface area contributed by atoms with Crippen LogP contribution in [0.2, 0.25) is 0 Å². The molecule has 0 aliphatic carbocycles. The Balaban J connectivity index is 3.36. The minimum atomic E-state index is -4.25. The lowest BCUT2D eigenvalue weighted by Crippen LogP contribution is -2.21. The summed E-state index contributed by atoms with van der Waals surface area (Å²) in [4.78, 5) is 2.08. The van der Waals surface area contributed by atoms with Crippen LogP contribution in [-0.4, -0.2) is 44.6 Å². The summed E-state index contributed by atoms with van der Waals surface area (Å²) >= 11 is 0. The molecule has 1 N–H and O–H groups in total. The Morgan fingerprint density at radius 3 is 2.46 bits per heavy atom. The standard InChI is InChI=1S/C7H17NO4S/c1-3-5-8(2)6-4-7-12-13(9,10)11/h3-7H2,1-2H3,(H,9,10,11). The molecular weight excluding hydrogens is 194 g/mol. The minimum Gasteiger partial charge on any atom is -0.306 e. The first-order chi connectivity index (χ1) is 5.95. The van der Waals surface area contributed by atoms with Crippen LogP contribution in [0.4, 0.5) is 0 Å². The van der Waals surface area contributed by atoms with Crippen molar-refractivity contribution in [2.75, 3.05) is 26.7 Å². The van der Waals surface area contributed by atoms with Crippen LogP contribution in [0.5, 0.6) is 0 Å². The summed E-state index contributed by atoms with van der Waals surface area (Å²) in [6.45, 7) is 3.85. The van der Waals surface area contributed by atoms with E-state index < -0.39 is 10.4 Å². The lowest BCUT2D eigenvalue weighted by Gasteiger charge is -2.14. The van der Waals surface area contributed by atoms with Gasteiger partial charge in [-0.1, -0.05) is 6.92 Å². The maximum Gasteiger partial charge on any atom is 0.397 e. The molecule has 0 spiro atoms. The van der Waals surface area contributed by atoms with Gasteiger partial charge in [-0.05, 0) is 26.4 Å². The van der Waals surface area contributed by atoms with Crippen molar-refractivity contribution < 1.29 is 17.2 Å². The van der Waals surface area contributed by atoms with Crippen LogP contribution in [0.15, 0.2) is 0 Å². The second-order valence-electron chi connectivity index (χ2n) is 2.91. The molecule has 0 aromatic heterocycles. The molecule has 6 heteroatoms. The van der Waals surface area contributed by atoms with E-state index in [1.54, 1.807) is 0 Å². The van der Waals surface area contributed by atoms with Crippen molar-refractivity contribution in [2.45, 2.75) is 19.8 Å². The molecule has 0 aromatic carbocycles. The van der Waals surface area contributed by atoms with Crippen molar-refractivity contribution in [1.82, 2.24) is 4.90 Å². The predicted octanol–water partition coefficient (Wildman–Crippen LogP) is 0.538. The van der Waals surface area contributed by atoms with Crippen molar-refractivity contribution in [2.24, 2.45) is 0 Å². The van der Waals surface area contributed by atoms with Crippen LogP contribution in [0.1, 0.15) is 19.8 Å². The molecule has 0 aliphatic heterocycles. The number of hydrogen-bond acceptors (Lipinski definition) is 4. The highest BCUT2D eigenvalue weighted by molar-refractivity contribution is 7.80. The monoisotopic (exact) mass is 211 g/mol. The number of hydrogen-bond donors (Lipinski definition) is 1. The van der Waals surface area contributed by atoms with E-state index in [0.29, 0.717) is 6.42 Å². The zero-order chi connectivity index (χ0) is 10.3. The molecule has 80 valence electrons. The molecular formula is C7H17NO4S. The van der Waals surface area contributed by atoms with Crippen molar-refractivity contribution in [3.63, 3.8) is 0 Å². The molecule has 0 heterocycles. The summed E-state index contributed by atoms with van der Waals surface area (Å²) in [5, 5.41) is 0. The number of nitrogens with zero attached hydrogens (tertiary/aromatic N) is 1. The summed E-state index contributed by atoms with van der Waals surface area (Å²) in [5.41, 5.74) is 0. The molecule has 0 aliphatic rings. The third-order valence-corrected chi connectivity index (χ3v) is 1.99. The van der Waals surface area contributed by atoms with Crippen molar-refractivity contribution in [1.29, 1.82) is 0 Å². The van der Waals surface area contributed by atoms with Crippen LogP contribution < -0.4 is 0 Å². The molecule has 0 unspecified atom stereocenters. The Hall–Kier alpha value is -0.170. The highest BCUT2D eigenvalue weighted by Crippen LogP contribution is 1.93. The summed E-state index contributed by atoms with van der Waals surface area (Å²) in [6.07, 6.45) is 1.66. The van der Waals surface area contributed by atoms with Gasteiger partial charge >= 0.3 is 10.4 Å². The molecule has 0 bridgehead atoms. The van der Waals surface area contributed by atoms with Gasteiger partial charge in [-0.25, -0.2) is 4.18 Å². The zero-order valence-corrected chi connectivity index (χ0v) is 8.88. The molecule has 0 amide bonds. The average molecular weight is 211 g/mol. The van der Waals surface area contributed by atoms with Crippen LogP contribution in [-0.2, 0) is 14.6 Å². The van der Waals surface area contributed by atoms with Gasteiger partial charge in [0.1, 0.15) is 0 Å². The lowest BCUT2D eigenvalue weighted by molar-refractivity contribution is 0.240. The van der Waals surface area contributed by atoms with E-state index in [-0.39, 0.29) is 6.61 Å². The Morgan fingerprint density at radius 2 is 2.00 bits per heavy atom. The summed E-state index contributed by atoms with van der Waals surface area (Å²) in [6, 6.07) is 0. The van der Waals surface area contributed by atoms with Gasteiger partial charge in [-0.2, -0.15) is 8.42 Å². The molecule has 0 atom stereocenters. The summed E-state index contributed by atoms with van der Waals surface area (Å²) < 4.78 is 32.6. The topological polar surface area (TPSA) is 66.8 Å². The minimum absolute atomic E-state index is 0.0346. The van der Waals surface area contributed by atoms with Gasteiger partial charge < -0.3 is 4.90 Å². The lowest BCUT2D eigenvalue weighted by atomic mass is 10.4. The van der Waals surface area contributed by atoms with Gasteiger partial charge in [0.25, 0.3) is 0 Å². The van der Waals surface area contributed by atoms with E-state index in [0.717, 1.165) is 19.5 Å². The molecule has 13 heavy (non-hydrogen) atoms. The third kappa shape index (κ3) is 9.75. The maximum atomic E-state index is 10.1. The number of rotatable bonds is 7. The van der Waals surface area contributed by atoms with E-state index in [1.165, 1.54) is 0 Å². The molecule has 0 saturated carbocycles. The normalized spacial score (nSPS) is 12.3. The SMILES string of the molecule is CCCN(C)CCCOS(=O)(=O)O. The first kappa shape index (κ1) is 12.8. The van der Waals surface area contributed by atoms with Crippen LogP contribution >= 0.6 is 0 Å². The van der Waals surface area contributed by atoms with E-state index in [9.17, 15) is 8.42 Å². The van der Waals surface area contributed by atoms with E-state index in [2.05, 4.69) is 16.0 Å². The van der Waals surface area contributed by atoms with E-state index in [4.69, 9.17) is 4.55 Å². The zero-order valence-electron chi connectivity index (χ0n) is 8.06. The Morgan fingerprint density at radius 1 is 1.38 bits per heavy atom. The van der Waals surface area contributed by atoms with Crippen LogP contribution in [0, 0.1) is 0 Å². The third-order valence-electron chi connectivity index (χ3n) is 1.52. The first-order valence-corrected chi connectivity index (χ1v) is 5.62. The average Bonchev–Trinajstić information content (AvgIpc) is 1.97. The Labute approximate surface area is 79.6 Å². The largest absolute Gasteiger partial charge is 0.397 e. The van der Waals surface area contributed by atoms with Gasteiger partial charge in [0.15, 0.2) is 0 Å². The summed E-state index contributed by atoms with van der Waals surface area (Å²) in [7, 11) is -2.30. The molecule has 5 nitrogen and oxygen atoms in total. The molecule has 0 aromatic rings. The van der Waals surface area contributed by atoms with Crippen LogP contribution in [0.3, 0.4) is 0 Å². The maximum absolute atomic E-state index is 10.1. The second-order valence-corrected chi connectivity index (χ2v) is 4.00. The predicted molar refractivity (Wildman–Crippen MR) is 49.9 cm³/mol. The Bertz CT molecular complexity index is 215. The van der Waals surface area contributed by atoms with Gasteiger partial charge in [0, 0.05) is 6.54 Å². The highest BCUT2D eigenvalue weighted by atomic mass is 32.3. The fourth-order valence-electron chi connectivity index (χ4n) is 0.992. The van der Waals surface area contributed by atoms with Crippen molar-refractivity contribution >= 4 is 10.4 Å². The highest BCUT2D eigenvalue weighted by Gasteiger charge is 2.03. The second kappa shape index (κ2) is 6.31. The molecule has 0 fully saturated rings. The van der Waals surface area contributed by atoms with Crippen molar-refractivity contribution in [3.8, 4) is 0 Å². The summed E-state index contributed by atoms with van der Waals surface area (Å²) in [5.74, 6) is 0. The van der Waals surface area contributed by atoms with Gasteiger partial charge in [-0.3, -0.25) is 4.55 Å². The Kier molecular flexibility index (Phi) is 6.23. The first-order valence-electron chi connectivity index (χ1n) is 4.26. The quantitative estimate of drug-likeness (QED) is 0.491.